The second-order valence-corrected chi connectivity index (χ2v) is 6.36. The van der Waals surface area contributed by atoms with Crippen molar-refractivity contribution < 1.29 is 5.11 Å². The molecule has 0 fully saturated rings. The van der Waals surface area contributed by atoms with E-state index in [-0.39, 0.29) is 12.6 Å². The molecular formula is C15H24N4OS. The molecule has 2 heterocycles. The third kappa shape index (κ3) is 4.04. The molecule has 0 amide bonds. The normalized spacial score (nSPS) is 12.8. The van der Waals surface area contributed by atoms with Crippen LogP contribution in [0.5, 0.6) is 0 Å². The van der Waals surface area contributed by atoms with Crippen LogP contribution in [0.3, 0.4) is 0 Å². The molecule has 3 N–H and O–H groups in total. The lowest BCUT2D eigenvalue weighted by molar-refractivity contribution is 0.267. The number of fused-ring (bicyclic) bond motifs is 1. The predicted molar refractivity (Wildman–Crippen MR) is 90.1 cm³/mol. The lowest BCUT2D eigenvalue weighted by Gasteiger charge is -2.22. The Labute approximate surface area is 129 Å². The molecule has 1 unspecified atom stereocenters. The zero-order chi connectivity index (χ0) is 15.2. The summed E-state index contributed by atoms with van der Waals surface area (Å²) in [5, 5.41) is 19.0. The number of aromatic nitrogens is 2. The van der Waals surface area contributed by atoms with Gasteiger partial charge in [-0.15, -0.1) is 11.3 Å². The van der Waals surface area contributed by atoms with Crippen LogP contribution in [0.15, 0.2) is 11.4 Å². The van der Waals surface area contributed by atoms with Crippen molar-refractivity contribution in [2.45, 2.75) is 39.7 Å². The van der Waals surface area contributed by atoms with E-state index in [4.69, 9.17) is 0 Å². The van der Waals surface area contributed by atoms with Crippen molar-refractivity contribution in [3.63, 3.8) is 0 Å². The minimum Gasteiger partial charge on any atom is -0.396 e. The van der Waals surface area contributed by atoms with Crippen LogP contribution in [-0.2, 0) is 0 Å². The van der Waals surface area contributed by atoms with Crippen molar-refractivity contribution in [1.29, 1.82) is 0 Å². The molecule has 5 nitrogen and oxygen atoms in total. The molecule has 0 aromatic carbocycles. The summed E-state index contributed by atoms with van der Waals surface area (Å²) >= 11 is 1.62. The van der Waals surface area contributed by atoms with Crippen molar-refractivity contribution in [1.82, 2.24) is 9.97 Å². The van der Waals surface area contributed by atoms with E-state index in [1.165, 1.54) is 0 Å². The Kier molecular flexibility index (Phi) is 5.76. The first-order chi connectivity index (χ1) is 10.2. The van der Waals surface area contributed by atoms with E-state index >= 15 is 0 Å². The largest absolute Gasteiger partial charge is 0.396 e. The highest BCUT2D eigenvalue weighted by molar-refractivity contribution is 7.16. The van der Waals surface area contributed by atoms with E-state index < -0.39 is 0 Å². The monoisotopic (exact) mass is 308 g/mol. The van der Waals surface area contributed by atoms with Gasteiger partial charge in [-0.2, -0.15) is 4.98 Å². The maximum absolute atomic E-state index is 9.22. The summed E-state index contributed by atoms with van der Waals surface area (Å²) in [5.41, 5.74) is 0. The predicted octanol–water partition coefficient (Wildman–Crippen LogP) is 3.33. The number of nitrogens with zero attached hydrogens (tertiary/aromatic N) is 2. The lowest BCUT2D eigenvalue weighted by atomic mass is 10.0. The van der Waals surface area contributed by atoms with Gasteiger partial charge in [0.25, 0.3) is 0 Å². The fraction of sp³-hybridized carbons (Fsp3) is 0.600. The van der Waals surface area contributed by atoms with Gasteiger partial charge in [0, 0.05) is 19.2 Å². The molecule has 0 bridgehead atoms. The first kappa shape index (κ1) is 16.0. The van der Waals surface area contributed by atoms with E-state index in [9.17, 15) is 5.11 Å². The average molecular weight is 308 g/mol. The summed E-state index contributed by atoms with van der Waals surface area (Å²) in [6.07, 6.45) is 1.75. The molecule has 6 heteroatoms. The van der Waals surface area contributed by atoms with E-state index in [0.717, 1.165) is 29.0 Å². The van der Waals surface area contributed by atoms with Crippen LogP contribution in [0.1, 0.15) is 33.6 Å². The van der Waals surface area contributed by atoms with Gasteiger partial charge < -0.3 is 15.7 Å². The highest BCUT2D eigenvalue weighted by Gasteiger charge is 2.16. The fourth-order valence-corrected chi connectivity index (χ4v) is 2.93. The standard InChI is InChI=1S/C15H24N4OS/c1-4-7-16-15-18-13(11-6-9-21-14(11)19-15)17-12(5-8-20)10(2)3/h6,9-10,12,20H,4-5,7-8H2,1-3H3,(H2,16,17,18,19). The topological polar surface area (TPSA) is 70.1 Å². The van der Waals surface area contributed by atoms with Crippen LogP contribution in [0.4, 0.5) is 11.8 Å². The fourth-order valence-electron chi connectivity index (χ4n) is 2.17. The summed E-state index contributed by atoms with van der Waals surface area (Å²) in [5.74, 6) is 1.95. The third-order valence-corrected chi connectivity index (χ3v) is 4.23. The SMILES string of the molecule is CCCNc1nc(NC(CCO)C(C)C)c2ccsc2n1. The molecule has 116 valence electrons. The van der Waals surface area contributed by atoms with Gasteiger partial charge in [-0.25, -0.2) is 4.98 Å². The van der Waals surface area contributed by atoms with Crippen molar-refractivity contribution in [2.75, 3.05) is 23.8 Å². The quantitative estimate of drug-likeness (QED) is 0.698. The summed E-state index contributed by atoms with van der Waals surface area (Å²) in [7, 11) is 0. The van der Waals surface area contributed by atoms with E-state index in [1.54, 1.807) is 11.3 Å². The van der Waals surface area contributed by atoms with Crippen LogP contribution in [-0.4, -0.2) is 34.3 Å². The number of thiophene rings is 1. The molecule has 2 rings (SSSR count). The van der Waals surface area contributed by atoms with Gasteiger partial charge in [0.05, 0.1) is 5.39 Å². The van der Waals surface area contributed by atoms with Crippen molar-refractivity contribution in [3.05, 3.63) is 11.4 Å². The zero-order valence-electron chi connectivity index (χ0n) is 12.9. The Morgan fingerprint density at radius 2 is 2.14 bits per heavy atom. The highest BCUT2D eigenvalue weighted by Crippen LogP contribution is 2.28. The Morgan fingerprint density at radius 1 is 1.33 bits per heavy atom. The minimum absolute atomic E-state index is 0.175. The summed E-state index contributed by atoms with van der Waals surface area (Å²) in [6.45, 7) is 7.45. The molecule has 0 radical (unpaired) electrons. The number of anilines is 2. The van der Waals surface area contributed by atoms with Crippen LogP contribution in [0.2, 0.25) is 0 Å². The molecule has 21 heavy (non-hydrogen) atoms. The van der Waals surface area contributed by atoms with Crippen LogP contribution in [0.25, 0.3) is 10.2 Å². The second kappa shape index (κ2) is 7.56. The Morgan fingerprint density at radius 3 is 2.81 bits per heavy atom. The van der Waals surface area contributed by atoms with Crippen molar-refractivity contribution in [2.24, 2.45) is 5.92 Å². The molecule has 2 aromatic heterocycles. The van der Waals surface area contributed by atoms with Crippen LogP contribution < -0.4 is 10.6 Å². The van der Waals surface area contributed by atoms with Crippen molar-refractivity contribution in [3.8, 4) is 0 Å². The van der Waals surface area contributed by atoms with Gasteiger partial charge in [-0.05, 0) is 30.2 Å². The number of hydrogen-bond acceptors (Lipinski definition) is 6. The van der Waals surface area contributed by atoms with E-state index in [0.29, 0.717) is 18.3 Å². The van der Waals surface area contributed by atoms with Gasteiger partial charge in [0.1, 0.15) is 10.6 Å². The third-order valence-electron chi connectivity index (χ3n) is 3.43. The molecule has 0 saturated carbocycles. The number of aliphatic hydroxyl groups excluding tert-OH is 1. The first-order valence-corrected chi connectivity index (χ1v) is 8.40. The van der Waals surface area contributed by atoms with Gasteiger partial charge in [-0.1, -0.05) is 20.8 Å². The number of rotatable bonds is 8. The maximum atomic E-state index is 9.22. The molecular weight excluding hydrogens is 284 g/mol. The van der Waals surface area contributed by atoms with Gasteiger partial charge in [0.15, 0.2) is 0 Å². The minimum atomic E-state index is 0.175. The molecule has 0 aliphatic rings. The highest BCUT2D eigenvalue weighted by atomic mass is 32.1. The Balaban J connectivity index is 2.29. The number of hydrogen-bond donors (Lipinski definition) is 3. The van der Waals surface area contributed by atoms with E-state index in [1.807, 2.05) is 11.4 Å². The molecule has 0 spiro atoms. The lowest BCUT2D eigenvalue weighted by Crippen LogP contribution is -2.27. The van der Waals surface area contributed by atoms with Crippen LogP contribution >= 0.6 is 11.3 Å². The summed E-state index contributed by atoms with van der Waals surface area (Å²) in [6, 6.07) is 2.24. The molecule has 2 aromatic rings. The second-order valence-electron chi connectivity index (χ2n) is 5.47. The number of aliphatic hydroxyl groups is 1. The molecule has 0 aliphatic heterocycles. The van der Waals surface area contributed by atoms with Crippen molar-refractivity contribution >= 4 is 33.3 Å². The molecule has 0 aliphatic carbocycles. The molecule has 0 saturated heterocycles. The first-order valence-electron chi connectivity index (χ1n) is 7.52. The zero-order valence-corrected chi connectivity index (χ0v) is 13.7. The number of nitrogens with one attached hydrogen (secondary N) is 2. The average Bonchev–Trinajstić information content (AvgIpc) is 2.93. The van der Waals surface area contributed by atoms with Crippen LogP contribution in [0, 0.1) is 5.92 Å². The maximum Gasteiger partial charge on any atom is 0.226 e. The summed E-state index contributed by atoms with van der Waals surface area (Å²) < 4.78 is 0. The van der Waals surface area contributed by atoms with Gasteiger partial charge >= 0.3 is 0 Å². The van der Waals surface area contributed by atoms with E-state index in [2.05, 4.69) is 41.4 Å². The Bertz CT molecular complexity index is 570. The summed E-state index contributed by atoms with van der Waals surface area (Å²) in [4.78, 5) is 10.1. The Hall–Kier alpha value is -1.40. The molecule has 1 atom stereocenters. The smallest absolute Gasteiger partial charge is 0.226 e. The van der Waals surface area contributed by atoms with Gasteiger partial charge in [0.2, 0.25) is 5.95 Å². The van der Waals surface area contributed by atoms with Gasteiger partial charge in [-0.3, -0.25) is 0 Å².